The van der Waals surface area contributed by atoms with E-state index in [-0.39, 0.29) is 43.9 Å². The van der Waals surface area contributed by atoms with Gasteiger partial charge in [0.15, 0.2) is 17.7 Å². The summed E-state index contributed by atoms with van der Waals surface area (Å²) in [5, 5.41) is 20.7. The minimum atomic E-state index is -1.39. The number of ether oxygens (including phenoxy) is 5. The topological polar surface area (TPSA) is 161 Å². The lowest BCUT2D eigenvalue weighted by Gasteiger charge is -2.47. The monoisotopic (exact) mass is 684 g/mol. The zero-order valence-corrected chi connectivity index (χ0v) is 30.8. The highest BCUT2D eigenvalue weighted by molar-refractivity contribution is 6.00. The number of hydrogen-bond donors (Lipinski definition) is 2. The molecule has 0 aromatic carbocycles. The lowest BCUT2D eigenvalue weighted by molar-refractivity contribution is -0.295. The van der Waals surface area contributed by atoms with E-state index in [2.05, 4.69) is 0 Å². The van der Waals surface area contributed by atoms with Gasteiger partial charge in [-0.15, -0.1) is 0 Å². The first-order valence-corrected chi connectivity index (χ1v) is 17.5. The van der Waals surface area contributed by atoms with Gasteiger partial charge in [0.05, 0.1) is 23.9 Å². The minimum absolute atomic E-state index is 0.0493. The second-order valence-electron chi connectivity index (χ2n) is 14.8. The summed E-state index contributed by atoms with van der Waals surface area (Å²) in [5.74, 6) is -4.96. The summed E-state index contributed by atoms with van der Waals surface area (Å²) in [4.78, 5) is 59.0. The van der Waals surface area contributed by atoms with E-state index in [1.54, 1.807) is 41.5 Å². The number of ketones is 2. The molecule has 13 nitrogen and oxygen atoms in total. The summed E-state index contributed by atoms with van der Waals surface area (Å²) in [6.07, 6.45) is -3.13. The molecule has 3 rings (SSSR count). The maximum atomic E-state index is 14.4. The number of amides is 1. The number of hydrogen-bond acceptors (Lipinski definition) is 12. The third-order valence-electron chi connectivity index (χ3n) is 11.0. The average Bonchev–Trinajstić information content (AvgIpc) is 3.30. The van der Waals surface area contributed by atoms with Crippen LogP contribution in [-0.4, -0.2) is 132 Å². The first kappa shape index (κ1) is 40.3. The maximum absolute atomic E-state index is 14.4. The van der Waals surface area contributed by atoms with Crippen LogP contribution in [0.4, 0.5) is 4.79 Å². The Morgan fingerprint density at radius 1 is 1.00 bits per heavy atom. The molecule has 3 fully saturated rings. The molecular weight excluding hydrogens is 624 g/mol. The molecule has 0 saturated carbocycles. The molecule has 3 aliphatic heterocycles. The van der Waals surface area contributed by atoms with Gasteiger partial charge in [0.2, 0.25) is 0 Å². The highest BCUT2D eigenvalue weighted by Gasteiger charge is 2.60. The van der Waals surface area contributed by atoms with Crippen LogP contribution >= 0.6 is 0 Å². The standard InChI is InChI=1S/C35H60N2O11/c1-12-25-35(8)29(37(33(43)48-35)15-13-14-16-38)21(4)26(39)19(2)18-34(7,44-11)30(22(5)27(40)23(6)31(42)46-25)47-32-28(41)24(36(9)10)17-20(3)45-32/h19-25,28-30,32,38,41H,12-18H2,1-11H3/t19-,20-,21+,22+,23-,24+,25-,28-,29-,30-,32+,34-,35-/m1/s1. The van der Waals surface area contributed by atoms with Gasteiger partial charge in [0, 0.05) is 44.1 Å². The van der Waals surface area contributed by atoms with Gasteiger partial charge < -0.3 is 43.7 Å². The van der Waals surface area contributed by atoms with E-state index in [4.69, 9.17) is 23.7 Å². The summed E-state index contributed by atoms with van der Waals surface area (Å²) in [6, 6.07) is -1.07. The molecule has 0 spiro atoms. The predicted octanol–water partition coefficient (Wildman–Crippen LogP) is 2.96. The van der Waals surface area contributed by atoms with Crippen molar-refractivity contribution in [2.45, 2.75) is 141 Å². The molecule has 0 aromatic rings. The summed E-state index contributed by atoms with van der Waals surface area (Å²) in [5.41, 5.74) is -2.65. The van der Waals surface area contributed by atoms with E-state index >= 15 is 0 Å². The fraction of sp³-hybridized carbons (Fsp3) is 0.886. The number of aliphatic hydroxyl groups excluding tert-OH is 2. The van der Waals surface area contributed by atoms with Gasteiger partial charge in [0.1, 0.15) is 23.9 Å². The molecule has 3 aliphatic rings. The Balaban J connectivity index is 2.12. The van der Waals surface area contributed by atoms with Gasteiger partial charge in [-0.2, -0.15) is 0 Å². The summed E-state index contributed by atoms with van der Waals surface area (Å²) in [7, 11) is 5.21. The maximum Gasteiger partial charge on any atom is 0.410 e. The van der Waals surface area contributed by atoms with Crippen molar-refractivity contribution >= 4 is 23.6 Å². The molecule has 13 heteroatoms. The third-order valence-corrected chi connectivity index (χ3v) is 11.0. The van der Waals surface area contributed by atoms with Gasteiger partial charge in [0.25, 0.3) is 0 Å². The number of carbonyl (C=O) groups is 4. The number of esters is 1. The van der Waals surface area contributed by atoms with Gasteiger partial charge in [-0.3, -0.25) is 14.4 Å². The smallest absolute Gasteiger partial charge is 0.410 e. The number of aliphatic hydroxyl groups is 2. The molecule has 3 saturated heterocycles. The molecule has 48 heavy (non-hydrogen) atoms. The van der Waals surface area contributed by atoms with Crippen LogP contribution in [0.5, 0.6) is 0 Å². The molecule has 0 aromatic heterocycles. The molecule has 0 radical (unpaired) electrons. The number of carbonyl (C=O) groups excluding carboxylic acids is 4. The molecule has 0 aliphatic carbocycles. The Labute approximate surface area is 285 Å². The van der Waals surface area contributed by atoms with Crippen molar-refractivity contribution in [3.8, 4) is 0 Å². The number of rotatable bonds is 9. The Kier molecular flexibility index (Phi) is 13.6. The normalized spacial score (nSPS) is 42.0. The zero-order valence-electron chi connectivity index (χ0n) is 30.8. The minimum Gasteiger partial charge on any atom is -0.458 e. The van der Waals surface area contributed by atoms with Gasteiger partial charge in [-0.25, -0.2) is 4.79 Å². The zero-order chi connectivity index (χ0) is 36.3. The number of fused-ring (bicyclic) bond motifs is 1. The van der Waals surface area contributed by atoms with Gasteiger partial charge in [-0.1, -0.05) is 27.7 Å². The quantitative estimate of drug-likeness (QED) is 0.208. The van der Waals surface area contributed by atoms with Crippen LogP contribution in [0.2, 0.25) is 0 Å². The van der Waals surface area contributed by atoms with Crippen LogP contribution < -0.4 is 0 Å². The van der Waals surface area contributed by atoms with Crippen LogP contribution in [0.25, 0.3) is 0 Å². The van der Waals surface area contributed by atoms with Crippen LogP contribution in [0.15, 0.2) is 0 Å². The Morgan fingerprint density at radius 3 is 2.21 bits per heavy atom. The number of Topliss-reactive ketones (excluding diaryl/α,β-unsaturated/α-hetero) is 2. The number of nitrogens with zero attached hydrogens (tertiary/aromatic N) is 2. The molecule has 2 N–H and O–H groups in total. The van der Waals surface area contributed by atoms with E-state index in [0.29, 0.717) is 19.3 Å². The van der Waals surface area contributed by atoms with Crippen LogP contribution in [-0.2, 0) is 38.1 Å². The van der Waals surface area contributed by atoms with E-state index < -0.39 is 83.4 Å². The van der Waals surface area contributed by atoms with Crippen molar-refractivity contribution < 1.29 is 53.1 Å². The average molecular weight is 685 g/mol. The summed E-state index contributed by atoms with van der Waals surface area (Å²) >= 11 is 0. The highest BCUT2D eigenvalue weighted by atomic mass is 16.7. The first-order valence-electron chi connectivity index (χ1n) is 17.5. The molecule has 0 unspecified atom stereocenters. The van der Waals surface area contributed by atoms with E-state index in [9.17, 15) is 29.4 Å². The number of methoxy groups -OCH3 is 1. The van der Waals surface area contributed by atoms with E-state index in [1.165, 1.54) is 18.9 Å². The number of cyclic esters (lactones) is 1. The fourth-order valence-electron chi connectivity index (χ4n) is 8.10. The lowest BCUT2D eigenvalue weighted by atomic mass is 9.73. The summed E-state index contributed by atoms with van der Waals surface area (Å²) < 4.78 is 30.7. The third kappa shape index (κ3) is 8.07. The van der Waals surface area contributed by atoms with Gasteiger partial charge >= 0.3 is 12.1 Å². The molecule has 13 atom stereocenters. The van der Waals surface area contributed by atoms with E-state index in [0.717, 1.165) is 0 Å². The van der Waals surface area contributed by atoms with Crippen molar-refractivity contribution in [3.05, 3.63) is 0 Å². The van der Waals surface area contributed by atoms with Crippen molar-refractivity contribution in [2.75, 3.05) is 34.4 Å². The van der Waals surface area contributed by atoms with Crippen molar-refractivity contribution in [1.82, 2.24) is 9.80 Å². The Hall–Kier alpha value is -2.16. The summed E-state index contributed by atoms with van der Waals surface area (Å²) in [6.45, 7) is 14.0. The first-order chi connectivity index (χ1) is 22.4. The molecule has 1 amide bonds. The Bertz CT molecular complexity index is 1150. The van der Waals surface area contributed by atoms with Gasteiger partial charge in [-0.05, 0) is 73.9 Å². The van der Waals surface area contributed by atoms with Crippen molar-refractivity contribution in [2.24, 2.45) is 23.7 Å². The number of unbranched alkanes of at least 4 members (excludes halogenated alkanes) is 1. The lowest BCUT2D eigenvalue weighted by Crippen LogP contribution is -2.60. The second-order valence-corrected chi connectivity index (χ2v) is 14.8. The Morgan fingerprint density at radius 2 is 1.65 bits per heavy atom. The van der Waals surface area contributed by atoms with Crippen molar-refractivity contribution in [1.29, 1.82) is 0 Å². The number of likely N-dealkylation sites (N-methyl/N-ethyl adjacent to an activating group) is 1. The molecule has 0 bridgehead atoms. The van der Waals surface area contributed by atoms with E-state index in [1.807, 2.05) is 25.9 Å². The van der Waals surface area contributed by atoms with Crippen LogP contribution in [0.3, 0.4) is 0 Å². The molecular formula is C35H60N2O11. The molecule has 276 valence electrons. The van der Waals surface area contributed by atoms with Crippen LogP contribution in [0.1, 0.15) is 87.5 Å². The SMILES string of the molecule is CC[C@H]1OC(=O)[C@H](C)C(=O)[C@H](C)[C@@H](O[C@@H]2O[C@H](C)C[C@H](N(C)C)[C@H]2O)[C@](C)(OC)C[C@@H](C)C(=O)[C@H](C)[C@H]2N(CCCCO)C(=O)O[C@]12C. The van der Waals surface area contributed by atoms with Crippen LogP contribution in [0, 0.1) is 23.7 Å². The highest BCUT2D eigenvalue weighted by Crippen LogP contribution is 2.43. The fourth-order valence-corrected chi connectivity index (χ4v) is 8.10. The largest absolute Gasteiger partial charge is 0.458 e. The second kappa shape index (κ2) is 16.2. The van der Waals surface area contributed by atoms with Crippen molar-refractivity contribution in [3.63, 3.8) is 0 Å². The molecule has 3 heterocycles. The predicted molar refractivity (Wildman–Crippen MR) is 176 cm³/mol.